The number of aliphatic hydroxyl groups is 1. The number of rotatable bonds is 16. The number of hydrogen-bond donors (Lipinski definition) is 4. The van der Waals surface area contributed by atoms with Gasteiger partial charge in [0, 0.05) is 25.2 Å². The summed E-state index contributed by atoms with van der Waals surface area (Å²) >= 11 is 0. The Morgan fingerprint density at radius 1 is 0.886 bits per heavy atom. The molecule has 0 aromatic heterocycles. The molecule has 0 bridgehead atoms. The van der Waals surface area contributed by atoms with Crippen LogP contribution in [0, 0.1) is 0 Å². The number of nitrogens with zero attached hydrogens (tertiary/aromatic N) is 2. The maximum Gasteiger partial charge on any atom is 0.411 e. The number of aliphatic hydroxyl groups excluding tert-OH is 1. The summed E-state index contributed by atoms with van der Waals surface area (Å²) in [6.45, 7) is 4.45. The molecule has 1 atom stereocenters. The van der Waals surface area contributed by atoms with Crippen LogP contribution in [0.15, 0.2) is 72.8 Å². The lowest BCUT2D eigenvalue weighted by Gasteiger charge is -2.31. The van der Waals surface area contributed by atoms with Gasteiger partial charge in [-0.1, -0.05) is 86.7 Å². The number of carbonyl (C=O) groups excluding carboxylic acids is 1. The van der Waals surface area contributed by atoms with Crippen LogP contribution in [-0.4, -0.2) is 77.1 Å². The topological polar surface area (TPSA) is 106 Å². The van der Waals surface area contributed by atoms with Gasteiger partial charge in [-0.15, -0.1) is 0 Å². The molecule has 44 heavy (non-hydrogen) atoms. The third-order valence-corrected chi connectivity index (χ3v) is 8.44. The number of carbonyl (C=O) groups is 1. The Morgan fingerprint density at radius 3 is 2.27 bits per heavy atom. The number of likely N-dealkylation sites (N-methyl/N-ethyl adjacent to an activating group) is 1. The molecule has 8 heteroatoms. The second-order valence-electron chi connectivity index (χ2n) is 12.0. The highest BCUT2D eigenvalue weighted by Gasteiger charge is 2.22. The summed E-state index contributed by atoms with van der Waals surface area (Å²) in [4.78, 5) is 17.3. The van der Waals surface area contributed by atoms with Crippen molar-refractivity contribution in [3.8, 4) is 22.6 Å². The number of phenolic OH excluding ortho intramolecular Hbond substituents is 2. The Hall–Kier alpha value is -3.59. The Bertz CT molecular complexity index is 1280. The van der Waals surface area contributed by atoms with Crippen molar-refractivity contribution < 1.29 is 24.9 Å². The van der Waals surface area contributed by atoms with Crippen LogP contribution < -0.4 is 5.32 Å². The van der Waals surface area contributed by atoms with E-state index in [2.05, 4.69) is 15.1 Å². The lowest BCUT2D eigenvalue weighted by Crippen LogP contribution is -2.38. The van der Waals surface area contributed by atoms with E-state index in [0.717, 1.165) is 62.3 Å². The molecule has 0 spiro atoms. The summed E-state index contributed by atoms with van der Waals surface area (Å²) in [5.41, 5.74) is 3.41. The Balaban J connectivity index is 1.00. The first kappa shape index (κ1) is 33.3. The van der Waals surface area contributed by atoms with Crippen molar-refractivity contribution >= 4 is 11.8 Å². The molecule has 3 aromatic rings. The van der Waals surface area contributed by atoms with Crippen molar-refractivity contribution in [2.45, 2.75) is 70.0 Å². The van der Waals surface area contributed by atoms with Crippen molar-refractivity contribution in [1.82, 2.24) is 9.80 Å². The summed E-state index contributed by atoms with van der Waals surface area (Å²) in [6, 6.07) is 22.3. The molecule has 4 N–H and O–H groups in total. The maximum absolute atomic E-state index is 12.7. The highest BCUT2D eigenvalue weighted by Crippen LogP contribution is 2.29. The summed E-state index contributed by atoms with van der Waals surface area (Å²) in [5.74, 6) is -0.383. The van der Waals surface area contributed by atoms with E-state index in [1.54, 1.807) is 6.07 Å². The molecule has 1 amide bonds. The number of aromatic hydroxyl groups is 2. The largest absolute Gasteiger partial charge is 0.504 e. The van der Waals surface area contributed by atoms with Gasteiger partial charge >= 0.3 is 6.09 Å². The monoisotopic (exact) mass is 603 g/mol. The van der Waals surface area contributed by atoms with Gasteiger partial charge < -0.3 is 29.9 Å². The number of benzene rings is 3. The van der Waals surface area contributed by atoms with Gasteiger partial charge in [0.1, 0.15) is 6.10 Å². The number of likely N-dealkylation sites (tertiary alicyclic amines) is 1. The zero-order valence-electron chi connectivity index (χ0n) is 26.0. The number of nitrogens with one attached hydrogen (secondary N) is 1. The zero-order chi connectivity index (χ0) is 31.1. The van der Waals surface area contributed by atoms with Gasteiger partial charge in [-0.25, -0.2) is 4.79 Å². The lowest BCUT2D eigenvalue weighted by atomic mass is 10.0. The van der Waals surface area contributed by atoms with E-state index in [9.17, 15) is 20.1 Å². The van der Waals surface area contributed by atoms with E-state index >= 15 is 0 Å². The van der Waals surface area contributed by atoms with Crippen LogP contribution in [0.25, 0.3) is 11.1 Å². The first-order valence-electron chi connectivity index (χ1n) is 16.1. The van der Waals surface area contributed by atoms with Crippen LogP contribution in [0.5, 0.6) is 11.5 Å². The minimum absolute atomic E-state index is 0.0429. The number of amides is 1. The van der Waals surface area contributed by atoms with Crippen LogP contribution in [0.2, 0.25) is 0 Å². The van der Waals surface area contributed by atoms with E-state index in [1.807, 2.05) is 61.6 Å². The van der Waals surface area contributed by atoms with Gasteiger partial charge in [0.05, 0.1) is 11.8 Å². The van der Waals surface area contributed by atoms with Crippen LogP contribution in [0.3, 0.4) is 0 Å². The molecule has 1 saturated heterocycles. The minimum Gasteiger partial charge on any atom is -0.504 e. The second-order valence-corrected chi connectivity index (χ2v) is 12.0. The normalized spacial score (nSPS) is 14.9. The number of hydrogen-bond acceptors (Lipinski definition) is 7. The van der Waals surface area contributed by atoms with Crippen LogP contribution in [0.1, 0.15) is 69.5 Å². The van der Waals surface area contributed by atoms with Crippen molar-refractivity contribution in [1.29, 1.82) is 0 Å². The first-order chi connectivity index (χ1) is 21.4. The van der Waals surface area contributed by atoms with Gasteiger partial charge in [-0.3, -0.25) is 5.32 Å². The third-order valence-electron chi connectivity index (χ3n) is 8.44. The number of phenols is 2. The average Bonchev–Trinajstić information content (AvgIpc) is 3.03. The standard InChI is InChI=1S/C36H49N3O5/c1-38(27-35(42)29-18-19-33(40)34(41)26-29)22-12-5-3-2-4-6-13-23-39-24-20-30(21-25-39)44-36(43)37-32-17-11-10-16-31(32)28-14-8-7-9-15-28/h7-11,14-19,26,30,35,40-42H,2-6,12-13,20-25,27H2,1H3,(H,37,43)/t35-/m0/s1. The quantitative estimate of drug-likeness (QED) is 0.102. The third kappa shape index (κ3) is 10.8. The highest BCUT2D eigenvalue weighted by atomic mass is 16.6. The maximum atomic E-state index is 12.7. The fourth-order valence-corrected chi connectivity index (χ4v) is 5.84. The number of piperidine rings is 1. The molecule has 1 aliphatic rings. The Morgan fingerprint density at radius 2 is 1.55 bits per heavy atom. The molecular weight excluding hydrogens is 554 g/mol. The average molecular weight is 604 g/mol. The van der Waals surface area contributed by atoms with Gasteiger partial charge in [0.2, 0.25) is 0 Å². The summed E-state index contributed by atoms with van der Waals surface area (Å²) < 4.78 is 5.78. The highest BCUT2D eigenvalue weighted by molar-refractivity contribution is 5.91. The number of ether oxygens (including phenoxy) is 1. The zero-order valence-corrected chi connectivity index (χ0v) is 26.0. The first-order valence-corrected chi connectivity index (χ1v) is 16.1. The molecule has 1 aliphatic heterocycles. The fraction of sp³-hybridized carbons (Fsp3) is 0.472. The van der Waals surface area contributed by atoms with Crippen molar-refractivity contribution in [3.63, 3.8) is 0 Å². The van der Waals surface area contributed by atoms with E-state index < -0.39 is 6.10 Å². The molecule has 0 aliphatic carbocycles. The molecule has 0 radical (unpaired) electrons. The molecule has 0 saturated carbocycles. The summed E-state index contributed by atoms with van der Waals surface area (Å²) in [6.07, 6.45) is 9.07. The molecule has 1 fully saturated rings. The molecular formula is C36H49N3O5. The lowest BCUT2D eigenvalue weighted by molar-refractivity contribution is 0.0584. The molecule has 8 nitrogen and oxygen atoms in total. The number of unbranched alkanes of at least 4 members (excludes halogenated alkanes) is 6. The van der Waals surface area contributed by atoms with Crippen molar-refractivity contribution in [3.05, 3.63) is 78.4 Å². The molecule has 3 aromatic carbocycles. The van der Waals surface area contributed by atoms with E-state index in [1.165, 1.54) is 50.7 Å². The molecule has 1 heterocycles. The van der Waals surface area contributed by atoms with Crippen LogP contribution >= 0.6 is 0 Å². The number of para-hydroxylation sites is 1. The van der Waals surface area contributed by atoms with E-state index in [0.29, 0.717) is 12.1 Å². The fourth-order valence-electron chi connectivity index (χ4n) is 5.84. The van der Waals surface area contributed by atoms with E-state index in [4.69, 9.17) is 4.74 Å². The Kier molecular flexibility index (Phi) is 13.4. The van der Waals surface area contributed by atoms with Crippen LogP contribution in [0.4, 0.5) is 10.5 Å². The molecule has 4 rings (SSSR count). The second kappa shape index (κ2) is 17.6. The smallest absolute Gasteiger partial charge is 0.411 e. The minimum atomic E-state index is -0.697. The molecule has 238 valence electrons. The van der Waals surface area contributed by atoms with Gasteiger partial charge in [-0.2, -0.15) is 0 Å². The van der Waals surface area contributed by atoms with Crippen molar-refractivity contribution in [2.24, 2.45) is 0 Å². The summed E-state index contributed by atoms with van der Waals surface area (Å²) in [7, 11) is 2.00. The van der Waals surface area contributed by atoms with Gasteiger partial charge in [-0.05, 0) is 75.1 Å². The number of anilines is 1. The van der Waals surface area contributed by atoms with Gasteiger partial charge in [0.25, 0.3) is 0 Å². The van der Waals surface area contributed by atoms with E-state index in [-0.39, 0.29) is 23.7 Å². The molecule has 0 unspecified atom stereocenters. The van der Waals surface area contributed by atoms with Crippen molar-refractivity contribution in [2.75, 3.05) is 45.1 Å². The predicted molar refractivity (Wildman–Crippen MR) is 176 cm³/mol. The van der Waals surface area contributed by atoms with Gasteiger partial charge in [0.15, 0.2) is 11.5 Å². The Labute approximate surface area is 262 Å². The summed E-state index contributed by atoms with van der Waals surface area (Å²) in [5, 5.41) is 32.4. The van der Waals surface area contributed by atoms with Crippen LogP contribution in [-0.2, 0) is 4.74 Å². The SMILES string of the molecule is CN(CCCCCCCCCN1CCC(OC(=O)Nc2ccccc2-c2ccccc2)CC1)C[C@H](O)c1ccc(O)c(O)c1. The predicted octanol–water partition coefficient (Wildman–Crippen LogP) is 7.17.